The molecule has 2 aromatic rings. The molecule has 0 unspecified atom stereocenters. The van der Waals surface area contributed by atoms with Gasteiger partial charge >= 0.3 is 6.09 Å². The Kier molecular flexibility index (Phi) is 5.43. The van der Waals surface area contributed by atoms with Gasteiger partial charge in [0, 0.05) is 18.5 Å². The molecule has 0 spiro atoms. The van der Waals surface area contributed by atoms with Crippen LogP contribution in [0, 0.1) is 0 Å². The normalized spacial score (nSPS) is 11.3. The summed E-state index contributed by atoms with van der Waals surface area (Å²) in [5.41, 5.74) is 0.512. The number of hydrogen-bond acceptors (Lipinski definition) is 5. The van der Waals surface area contributed by atoms with Crippen LogP contribution >= 0.6 is 22.9 Å². The molecular weight excluding hydrogens is 338 g/mol. The fourth-order valence-electron chi connectivity index (χ4n) is 1.80. The van der Waals surface area contributed by atoms with Crippen molar-refractivity contribution in [2.24, 2.45) is 0 Å². The van der Waals surface area contributed by atoms with Crippen molar-refractivity contribution in [3.05, 3.63) is 28.2 Å². The summed E-state index contributed by atoms with van der Waals surface area (Å²) in [6.07, 6.45) is -0.513. The zero-order valence-corrected chi connectivity index (χ0v) is 14.7. The Morgan fingerprint density at radius 1 is 1.26 bits per heavy atom. The summed E-state index contributed by atoms with van der Waals surface area (Å²) in [4.78, 5) is 27.8. The highest BCUT2D eigenvalue weighted by molar-refractivity contribution is 7.17. The van der Waals surface area contributed by atoms with Crippen LogP contribution in [-0.2, 0) is 4.74 Å². The Morgan fingerprint density at radius 2 is 1.96 bits per heavy atom. The number of nitrogens with one attached hydrogen (secondary N) is 2. The van der Waals surface area contributed by atoms with Crippen LogP contribution in [0.25, 0.3) is 10.2 Å². The molecule has 2 rings (SSSR count). The first kappa shape index (κ1) is 17.5. The summed E-state index contributed by atoms with van der Waals surface area (Å²) in [7, 11) is 0. The number of halogens is 1. The topological polar surface area (TPSA) is 80.3 Å². The highest BCUT2D eigenvalue weighted by Gasteiger charge is 2.16. The zero-order valence-electron chi connectivity index (χ0n) is 13.1. The van der Waals surface area contributed by atoms with Gasteiger partial charge in [-0.1, -0.05) is 11.6 Å². The van der Waals surface area contributed by atoms with E-state index in [1.54, 1.807) is 32.2 Å². The number of fused-ring (bicyclic) bond motifs is 1. The van der Waals surface area contributed by atoms with Crippen LogP contribution in [0.3, 0.4) is 0 Å². The van der Waals surface area contributed by atoms with Crippen LogP contribution in [0.4, 0.5) is 4.79 Å². The smallest absolute Gasteiger partial charge is 0.407 e. The number of thiophene rings is 1. The van der Waals surface area contributed by atoms with Gasteiger partial charge in [0.2, 0.25) is 0 Å². The minimum atomic E-state index is -0.548. The molecule has 0 fully saturated rings. The Bertz CT molecular complexity index is 724. The molecule has 124 valence electrons. The first-order chi connectivity index (χ1) is 10.8. The lowest BCUT2D eigenvalue weighted by Gasteiger charge is -2.19. The number of pyridine rings is 1. The quantitative estimate of drug-likeness (QED) is 0.652. The largest absolute Gasteiger partial charge is 0.444 e. The van der Waals surface area contributed by atoms with Gasteiger partial charge in [-0.2, -0.15) is 0 Å². The van der Waals surface area contributed by atoms with E-state index in [2.05, 4.69) is 15.6 Å². The van der Waals surface area contributed by atoms with Gasteiger partial charge in [0.05, 0.1) is 15.8 Å². The highest BCUT2D eigenvalue weighted by atomic mass is 35.5. The molecule has 8 heteroatoms. The summed E-state index contributed by atoms with van der Waals surface area (Å²) >= 11 is 7.30. The van der Waals surface area contributed by atoms with Crippen LogP contribution in [0.5, 0.6) is 0 Å². The maximum atomic E-state index is 12.2. The van der Waals surface area contributed by atoms with E-state index in [0.29, 0.717) is 16.2 Å². The van der Waals surface area contributed by atoms with E-state index in [1.165, 1.54) is 11.3 Å². The summed E-state index contributed by atoms with van der Waals surface area (Å²) in [6, 6.07) is 3.52. The van der Waals surface area contributed by atoms with Gasteiger partial charge < -0.3 is 15.4 Å². The van der Waals surface area contributed by atoms with E-state index in [1.807, 2.05) is 6.07 Å². The number of hydrogen-bond donors (Lipinski definition) is 2. The number of carbonyl (C=O) groups excluding carboxylic acids is 2. The molecule has 0 saturated heterocycles. The van der Waals surface area contributed by atoms with Crippen LogP contribution in [0.1, 0.15) is 31.1 Å². The number of amides is 2. The average Bonchev–Trinajstić information content (AvgIpc) is 2.84. The maximum Gasteiger partial charge on any atom is 0.407 e. The number of ether oxygens (including phenoxy) is 1. The maximum absolute atomic E-state index is 12.2. The summed E-state index contributed by atoms with van der Waals surface area (Å²) in [5, 5.41) is 7.39. The highest BCUT2D eigenvalue weighted by Crippen LogP contribution is 2.25. The first-order valence-electron chi connectivity index (χ1n) is 7.05. The Balaban J connectivity index is 1.85. The van der Waals surface area contributed by atoms with Gasteiger partial charge in [-0.25, -0.2) is 9.78 Å². The molecule has 0 bridgehead atoms. The number of nitrogens with zero attached hydrogens (tertiary/aromatic N) is 1. The van der Waals surface area contributed by atoms with Gasteiger partial charge in [0.25, 0.3) is 5.91 Å². The molecule has 2 N–H and O–H groups in total. The molecule has 0 aliphatic heterocycles. The van der Waals surface area contributed by atoms with Crippen LogP contribution in [0.2, 0.25) is 5.15 Å². The molecule has 6 nitrogen and oxygen atoms in total. The molecular formula is C15H18ClN3O3S. The second kappa shape index (κ2) is 7.14. The van der Waals surface area contributed by atoms with E-state index in [9.17, 15) is 9.59 Å². The van der Waals surface area contributed by atoms with Crippen molar-refractivity contribution in [1.82, 2.24) is 15.6 Å². The summed E-state index contributed by atoms with van der Waals surface area (Å²) < 4.78 is 6.00. The second-order valence-corrected chi connectivity index (χ2v) is 7.11. The van der Waals surface area contributed by atoms with Crippen molar-refractivity contribution in [2.75, 3.05) is 13.1 Å². The molecule has 0 aliphatic rings. The average molecular weight is 356 g/mol. The van der Waals surface area contributed by atoms with E-state index < -0.39 is 11.7 Å². The van der Waals surface area contributed by atoms with Gasteiger partial charge in [0.15, 0.2) is 0 Å². The van der Waals surface area contributed by atoms with Gasteiger partial charge in [-0.05, 0) is 32.9 Å². The minimum absolute atomic E-state index is 0.253. The second-order valence-electron chi connectivity index (χ2n) is 5.81. The Morgan fingerprint density at radius 3 is 2.65 bits per heavy atom. The molecule has 0 atom stereocenters. The monoisotopic (exact) mass is 355 g/mol. The van der Waals surface area contributed by atoms with Gasteiger partial charge in [-0.3, -0.25) is 4.79 Å². The number of alkyl carbamates (subject to hydrolysis) is 1. The third-order valence-electron chi connectivity index (χ3n) is 2.71. The molecule has 0 radical (unpaired) electrons. The molecule has 0 aromatic carbocycles. The molecule has 23 heavy (non-hydrogen) atoms. The van der Waals surface area contributed by atoms with E-state index >= 15 is 0 Å². The molecule has 2 aromatic heterocycles. The SMILES string of the molecule is CC(C)(C)OC(=O)NCCNC(=O)c1csc2ccc(Cl)nc12. The lowest BCUT2D eigenvalue weighted by molar-refractivity contribution is 0.0526. The Hall–Kier alpha value is -1.86. The number of carbonyl (C=O) groups is 2. The van der Waals surface area contributed by atoms with E-state index in [0.717, 1.165) is 4.70 Å². The summed E-state index contributed by atoms with van der Waals surface area (Å²) in [6.45, 7) is 5.92. The van der Waals surface area contributed by atoms with Gasteiger partial charge in [-0.15, -0.1) is 11.3 Å². The van der Waals surface area contributed by atoms with Crippen molar-refractivity contribution in [2.45, 2.75) is 26.4 Å². The predicted octanol–water partition coefficient (Wildman–Crippen LogP) is 3.20. The number of aromatic nitrogens is 1. The fourth-order valence-corrected chi connectivity index (χ4v) is 2.82. The predicted molar refractivity (Wildman–Crippen MR) is 91.2 cm³/mol. The van der Waals surface area contributed by atoms with Crippen molar-refractivity contribution in [3.8, 4) is 0 Å². The van der Waals surface area contributed by atoms with Crippen molar-refractivity contribution >= 4 is 45.2 Å². The third-order valence-corrected chi connectivity index (χ3v) is 3.85. The fraction of sp³-hybridized carbons (Fsp3) is 0.400. The van der Waals surface area contributed by atoms with E-state index in [4.69, 9.17) is 16.3 Å². The minimum Gasteiger partial charge on any atom is -0.444 e. The molecule has 2 amide bonds. The summed E-state index contributed by atoms with van der Waals surface area (Å²) in [5.74, 6) is -0.253. The van der Waals surface area contributed by atoms with Crippen LogP contribution in [-0.4, -0.2) is 35.7 Å². The first-order valence-corrected chi connectivity index (χ1v) is 8.31. The standard InChI is InChI=1S/C15H18ClN3O3S/c1-15(2,3)22-14(21)18-7-6-17-13(20)9-8-23-10-4-5-11(16)19-12(9)10/h4-5,8H,6-7H2,1-3H3,(H,17,20)(H,18,21). The van der Waals surface area contributed by atoms with E-state index in [-0.39, 0.29) is 19.0 Å². The lowest BCUT2D eigenvalue weighted by atomic mass is 10.2. The molecule has 0 saturated carbocycles. The van der Waals surface area contributed by atoms with Crippen LogP contribution < -0.4 is 10.6 Å². The van der Waals surface area contributed by atoms with Crippen molar-refractivity contribution in [3.63, 3.8) is 0 Å². The zero-order chi connectivity index (χ0) is 17.0. The van der Waals surface area contributed by atoms with Gasteiger partial charge in [0.1, 0.15) is 10.8 Å². The Labute approximate surface area is 143 Å². The molecule has 2 heterocycles. The lowest BCUT2D eigenvalue weighted by Crippen LogP contribution is -2.37. The molecule has 0 aliphatic carbocycles. The van der Waals surface area contributed by atoms with Crippen molar-refractivity contribution in [1.29, 1.82) is 0 Å². The van der Waals surface area contributed by atoms with Crippen molar-refractivity contribution < 1.29 is 14.3 Å². The third kappa shape index (κ3) is 5.07. The van der Waals surface area contributed by atoms with Crippen LogP contribution in [0.15, 0.2) is 17.5 Å². The number of rotatable bonds is 4.